The molecule has 63 heavy (non-hydrogen) atoms. The van der Waals surface area contributed by atoms with Crippen molar-refractivity contribution in [3.8, 4) is 0 Å². The fraction of sp³-hybridized carbons (Fsp3) is 0.435. The van der Waals surface area contributed by atoms with Crippen LogP contribution in [-0.2, 0) is 47.8 Å². The number of nitrogens with one attached hydrogen (secondary N) is 5. The molecule has 0 fully saturated rings. The van der Waals surface area contributed by atoms with Gasteiger partial charge in [0.05, 0.1) is 17.5 Å². The molecule has 4 aromatic rings. The van der Waals surface area contributed by atoms with Gasteiger partial charge in [0.25, 0.3) is 0 Å². The first-order valence-corrected chi connectivity index (χ1v) is 20.5. The quantitative estimate of drug-likeness (QED) is 0.0400. The second-order valence-electron chi connectivity index (χ2n) is 16.6. The number of hydrogen-bond acceptors (Lipinski definition) is 10. The summed E-state index contributed by atoms with van der Waals surface area (Å²) in [6, 6.07) is 21.6. The van der Waals surface area contributed by atoms with Crippen LogP contribution in [0.1, 0.15) is 78.0 Å². The third-order valence-corrected chi connectivity index (χ3v) is 8.61. The van der Waals surface area contributed by atoms with Gasteiger partial charge in [0.2, 0.25) is 11.8 Å². The zero-order chi connectivity index (χ0) is 46.6. The van der Waals surface area contributed by atoms with Gasteiger partial charge < -0.3 is 40.8 Å². The van der Waals surface area contributed by atoms with Crippen molar-refractivity contribution in [1.82, 2.24) is 26.3 Å². The molecule has 0 radical (unpaired) electrons. The highest BCUT2D eigenvalue weighted by molar-refractivity contribution is 5.99. The molecule has 2 atom stereocenters. The Bertz CT molecular complexity index is 2060. The van der Waals surface area contributed by atoms with Crippen LogP contribution in [0.2, 0.25) is 0 Å². The molecule has 17 heteroatoms. The summed E-state index contributed by atoms with van der Waals surface area (Å²) in [6.45, 7) is 14.6. The van der Waals surface area contributed by atoms with Gasteiger partial charge in [-0.15, -0.1) is 0 Å². The molecule has 3 aromatic carbocycles. The average molecular weight is 881 g/mol. The number of pyridine rings is 1. The van der Waals surface area contributed by atoms with E-state index in [1.54, 1.807) is 37.4 Å². The molecule has 4 amide bonds. The van der Waals surface area contributed by atoms with Gasteiger partial charge in [-0.05, 0) is 102 Å². The molecule has 14 nitrogen and oxygen atoms in total. The van der Waals surface area contributed by atoms with Crippen molar-refractivity contribution in [2.75, 3.05) is 31.5 Å². The zero-order valence-corrected chi connectivity index (χ0v) is 36.8. The van der Waals surface area contributed by atoms with Gasteiger partial charge in [-0.3, -0.25) is 19.4 Å². The minimum Gasteiger partial charge on any atom is -0.461 e. The first-order chi connectivity index (χ1) is 29.6. The molecule has 0 saturated carbocycles. The van der Waals surface area contributed by atoms with E-state index in [1.807, 2.05) is 77.9 Å². The minimum absolute atomic E-state index is 0.0768. The van der Waals surface area contributed by atoms with Gasteiger partial charge in [0.15, 0.2) is 0 Å². The van der Waals surface area contributed by atoms with Crippen LogP contribution < -0.4 is 26.6 Å². The highest BCUT2D eigenvalue weighted by Gasteiger charge is 2.30. The Labute approximate surface area is 366 Å². The Kier molecular flexibility index (Phi) is 19.8. The Morgan fingerprint density at radius 3 is 1.87 bits per heavy atom. The van der Waals surface area contributed by atoms with Crippen molar-refractivity contribution >= 4 is 46.6 Å². The lowest BCUT2D eigenvalue weighted by atomic mass is 10.0. The summed E-state index contributed by atoms with van der Waals surface area (Å²) < 4.78 is 54.3. The van der Waals surface area contributed by atoms with Crippen molar-refractivity contribution < 1.29 is 51.4 Å². The molecule has 0 aliphatic carbocycles. The van der Waals surface area contributed by atoms with Gasteiger partial charge >= 0.3 is 24.3 Å². The van der Waals surface area contributed by atoms with Gasteiger partial charge in [0, 0.05) is 49.4 Å². The van der Waals surface area contributed by atoms with Crippen LogP contribution >= 0.6 is 0 Å². The lowest BCUT2D eigenvalue weighted by molar-refractivity contribution is -0.148. The predicted molar refractivity (Wildman–Crippen MR) is 233 cm³/mol. The van der Waals surface area contributed by atoms with Crippen LogP contribution in [0.25, 0.3) is 10.9 Å². The van der Waals surface area contributed by atoms with Crippen molar-refractivity contribution in [3.05, 3.63) is 108 Å². The normalized spacial score (nSPS) is 12.4. The SMILES string of the molecule is CC(C)(C)OC(=O)NCCNCCNC(=O)OC(C)(C)C.C[C@@H](CC(=O)OCc1ccccc1)C(=O)N[C@H](CCc1ccc(C(F)(F)F)cc1)C(=O)Nc1ccc2ncccc2c1. The van der Waals surface area contributed by atoms with E-state index in [1.165, 1.54) is 12.1 Å². The number of halogens is 3. The lowest BCUT2D eigenvalue weighted by Gasteiger charge is -2.21. The summed E-state index contributed by atoms with van der Waals surface area (Å²) in [5.41, 5.74) is 0.871. The summed E-state index contributed by atoms with van der Waals surface area (Å²) in [4.78, 5) is 65.6. The van der Waals surface area contributed by atoms with E-state index in [4.69, 9.17) is 14.2 Å². The van der Waals surface area contributed by atoms with Crippen molar-refractivity contribution in [1.29, 1.82) is 0 Å². The van der Waals surface area contributed by atoms with Gasteiger partial charge in [-0.25, -0.2) is 9.59 Å². The number of aromatic nitrogens is 1. The van der Waals surface area contributed by atoms with Crippen LogP contribution in [-0.4, -0.2) is 78.4 Å². The standard InChI is InChI=1S/C32H30F3N3O4.C14H29N3O4/c1-21(18-29(39)42-20-23-6-3-2-4-7-23)30(40)38-28(15-11-22-9-12-25(13-10-22)32(33,34)35)31(41)37-26-14-16-27-24(19-26)8-5-17-36-27;1-13(2,3)20-11(18)16-9-7-15-8-10-17-12(19)21-14(4,5)6/h2-10,12-14,16-17,19,21,28H,11,15,18,20H2,1H3,(H,37,41)(H,38,40);15H,7-10H2,1-6H3,(H,16,18)(H,17,19)/t21-,28+;/m0./s1. The van der Waals surface area contributed by atoms with E-state index in [-0.39, 0.29) is 25.9 Å². The summed E-state index contributed by atoms with van der Waals surface area (Å²) in [7, 11) is 0. The van der Waals surface area contributed by atoms with E-state index in [0.717, 1.165) is 28.6 Å². The van der Waals surface area contributed by atoms with Crippen molar-refractivity contribution in [2.24, 2.45) is 5.92 Å². The van der Waals surface area contributed by atoms with Gasteiger partial charge in [0.1, 0.15) is 23.9 Å². The number of esters is 1. The van der Waals surface area contributed by atoms with Crippen LogP contribution in [0, 0.1) is 5.92 Å². The second-order valence-corrected chi connectivity index (χ2v) is 16.6. The average Bonchev–Trinajstić information content (AvgIpc) is 3.20. The fourth-order valence-electron chi connectivity index (χ4n) is 5.54. The molecular formula is C46H59F3N6O8. The lowest BCUT2D eigenvalue weighted by Crippen LogP contribution is -2.46. The Hall–Kier alpha value is -6.23. The number of nitrogens with zero attached hydrogens (tertiary/aromatic N) is 1. The number of fused-ring (bicyclic) bond motifs is 1. The number of ether oxygens (including phenoxy) is 3. The minimum atomic E-state index is -4.46. The third-order valence-electron chi connectivity index (χ3n) is 8.61. The number of alkyl carbamates (subject to hydrolysis) is 2. The Morgan fingerprint density at radius 2 is 1.30 bits per heavy atom. The van der Waals surface area contributed by atoms with Gasteiger partial charge in [-0.2, -0.15) is 13.2 Å². The van der Waals surface area contributed by atoms with E-state index in [0.29, 0.717) is 37.4 Å². The maximum Gasteiger partial charge on any atom is 0.416 e. The monoisotopic (exact) mass is 880 g/mol. The Morgan fingerprint density at radius 1 is 0.698 bits per heavy atom. The van der Waals surface area contributed by atoms with Crippen LogP contribution in [0.5, 0.6) is 0 Å². The highest BCUT2D eigenvalue weighted by atomic mass is 19.4. The van der Waals surface area contributed by atoms with Gasteiger partial charge in [-0.1, -0.05) is 55.5 Å². The molecule has 5 N–H and O–H groups in total. The Balaban J connectivity index is 0.000000426. The molecular weight excluding hydrogens is 822 g/mol. The summed E-state index contributed by atoms with van der Waals surface area (Å²) in [6.07, 6.45) is -3.51. The highest BCUT2D eigenvalue weighted by Crippen LogP contribution is 2.29. The molecule has 1 aromatic heterocycles. The number of carbonyl (C=O) groups is 5. The molecule has 0 spiro atoms. The van der Waals surface area contributed by atoms with E-state index >= 15 is 0 Å². The van der Waals surface area contributed by atoms with Crippen molar-refractivity contribution in [2.45, 2.75) is 97.8 Å². The van der Waals surface area contributed by atoms with E-state index in [2.05, 4.69) is 31.6 Å². The summed E-state index contributed by atoms with van der Waals surface area (Å²) in [5, 5.41) is 14.7. The summed E-state index contributed by atoms with van der Waals surface area (Å²) >= 11 is 0. The molecule has 0 bridgehead atoms. The topological polar surface area (TPSA) is 186 Å². The number of carbonyl (C=O) groups excluding carboxylic acids is 5. The molecule has 0 unspecified atom stereocenters. The van der Waals surface area contributed by atoms with Crippen LogP contribution in [0.15, 0.2) is 91.1 Å². The molecule has 342 valence electrons. The molecule has 0 aliphatic heterocycles. The maximum atomic E-state index is 13.3. The largest absolute Gasteiger partial charge is 0.461 e. The number of aryl methyl sites for hydroxylation is 1. The number of amides is 4. The maximum absolute atomic E-state index is 13.3. The molecule has 1 heterocycles. The number of rotatable bonds is 17. The van der Waals surface area contributed by atoms with Crippen LogP contribution in [0.3, 0.4) is 0 Å². The smallest absolute Gasteiger partial charge is 0.416 e. The number of hydrogen-bond donors (Lipinski definition) is 5. The van der Waals surface area contributed by atoms with Crippen LogP contribution in [0.4, 0.5) is 28.4 Å². The van der Waals surface area contributed by atoms with E-state index < -0.39 is 64.9 Å². The van der Waals surface area contributed by atoms with Crippen molar-refractivity contribution in [3.63, 3.8) is 0 Å². The number of anilines is 1. The fourth-order valence-corrected chi connectivity index (χ4v) is 5.54. The number of alkyl halides is 3. The third kappa shape index (κ3) is 20.9. The first kappa shape index (κ1) is 51.1. The van der Waals surface area contributed by atoms with E-state index in [9.17, 15) is 37.1 Å². The number of benzene rings is 3. The second kappa shape index (κ2) is 24.4. The zero-order valence-electron chi connectivity index (χ0n) is 36.8. The molecule has 0 saturated heterocycles. The summed E-state index contributed by atoms with van der Waals surface area (Å²) in [5.74, 6) is -2.38. The predicted octanol–water partition coefficient (Wildman–Crippen LogP) is 7.70. The first-order valence-electron chi connectivity index (χ1n) is 20.5. The molecule has 4 rings (SSSR count). The molecule has 0 aliphatic rings.